The van der Waals surface area contributed by atoms with E-state index in [9.17, 15) is 13.6 Å². The number of nitrogens with one attached hydrogen (secondary N) is 1. The highest BCUT2D eigenvalue weighted by molar-refractivity contribution is 5.68. The molecule has 0 radical (unpaired) electrons. The van der Waals surface area contributed by atoms with E-state index in [1.54, 1.807) is 20.8 Å². The Morgan fingerprint density at radius 3 is 2.57 bits per heavy atom. The van der Waals surface area contributed by atoms with Gasteiger partial charge in [0.15, 0.2) is 0 Å². The molecule has 2 heterocycles. The highest BCUT2D eigenvalue weighted by atomic mass is 19.3. The van der Waals surface area contributed by atoms with Crippen LogP contribution in [-0.2, 0) is 9.47 Å². The Labute approximate surface area is 136 Å². The van der Waals surface area contributed by atoms with Gasteiger partial charge in [0.05, 0.1) is 13.1 Å². The molecule has 0 aromatic rings. The van der Waals surface area contributed by atoms with Gasteiger partial charge in [0, 0.05) is 6.61 Å². The summed E-state index contributed by atoms with van der Waals surface area (Å²) >= 11 is 0. The van der Waals surface area contributed by atoms with E-state index in [0.29, 0.717) is 12.5 Å². The molecule has 0 aliphatic carbocycles. The first-order valence-electron chi connectivity index (χ1n) is 8.35. The number of hydrogen-bond acceptors (Lipinski definition) is 4. The number of nitrogens with zero attached hydrogens (tertiary/aromatic N) is 1. The summed E-state index contributed by atoms with van der Waals surface area (Å²) in [6, 6.07) is 0. The summed E-state index contributed by atoms with van der Waals surface area (Å²) in [6.07, 6.45) is 0.974. The Balaban J connectivity index is 1.79. The van der Waals surface area contributed by atoms with Gasteiger partial charge in [-0.05, 0) is 59.0 Å². The summed E-state index contributed by atoms with van der Waals surface area (Å²) in [5.41, 5.74) is -0.694. The molecule has 7 heteroatoms. The molecule has 0 saturated carbocycles. The van der Waals surface area contributed by atoms with Crippen molar-refractivity contribution < 1.29 is 23.0 Å². The van der Waals surface area contributed by atoms with Gasteiger partial charge in [-0.25, -0.2) is 13.6 Å². The molecule has 1 N–H and O–H groups in total. The van der Waals surface area contributed by atoms with E-state index < -0.39 is 30.3 Å². The van der Waals surface area contributed by atoms with E-state index in [1.165, 1.54) is 0 Å². The van der Waals surface area contributed by atoms with Crippen molar-refractivity contribution in [1.82, 2.24) is 10.2 Å². The molecule has 0 spiro atoms. The Morgan fingerprint density at radius 2 is 1.96 bits per heavy atom. The van der Waals surface area contributed by atoms with Crippen LogP contribution >= 0.6 is 0 Å². The number of rotatable bonds is 4. The number of ether oxygens (including phenoxy) is 2. The highest BCUT2D eigenvalue weighted by Crippen LogP contribution is 2.31. The Hall–Kier alpha value is -0.950. The van der Waals surface area contributed by atoms with E-state index in [-0.39, 0.29) is 6.54 Å². The molecule has 2 rings (SSSR count). The number of carbonyl (C=O) groups is 1. The summed E-state index contributed by atoms with van der Waals surface area (Å²) in [6.45, 7) is 6.67. The summed E-state index contributed by atoms with van der Waals surface area (Å²) in [7, 11) is 0. The third-order valence-electron chi connectivity index (χ3n) is 4.21. The van der Waals surface area contributed by atoms with Crippen LogP contribution in [-0.4, -0.2) is 61.4 Å². The van der Waals surface area contributed by atoms with Crippen LogP contribution in [0.3, 0.4) is 0 Å². The number of likely N-dealkylation sites (tertiary alicyclic amines) is 1. The highest BCUT2D eigenvalue weighted by Gasteiger charge is 2.51. The Morgan fingerprint density at radius 1 is 1.30 bits per heavy atom. The molecule has 0 bridgehead atoms. The molecule has 1 unspecified atom stereocenters. The predicted molar refractivity (Wildman–Crippen MR) is 82.7 cm³/mol. The van der Waals surface area contributed by atoms with Crippen molar-refractivity contribution in [3.8, 4) is 0 Å². The van der Waals surface area contributed by atoms with E-state index in [4.69, 9.17) is 9.47 Å². The molecule has 0 aromatic carbocycles. The van der Waals surface area contributed by atoms with E-state index in [0.717, 1.165) is 37.3 Å². The normalized spacial score (nSPS) is 25.6. The first-order chi connectivity index (χ1) is 10.7. The van der Waals surface area contributed by atoms with Crippen molar-refractivity contribution in [2.24, 2.45) is 5.92 Å². The van der Waals surface area contributed by atoms with Gasteiger partial charge < -0.3 is 14.8 Å². The molecule has 2 fully saturated rings. The van der Waals surface area contributed by atoms with Gasteiger partial charge in [0.1, 0.15) is 11.7 Å². The lowest BCUT2D eigenvalue weighted by Crippen LogP contribution is -2.36. The maximum Gasteiger partial charge on any atom is 0.410 e. The van der Waals surface area contributed by atoms with Crippen LogP contribution in [0.2, 0.25) is 0 Å². The van der Waals surface area contributed by atoms with Gasteiger partial charge in [0.25, 0.3) is 5.92 Å². The molecule has 134 valence electrons. The second-order valence-electron chi connectivity index (χ2n) is 7.46. The van der Waals surface area contributed by atoms with Gasteiger partial charge in [-0.2, -0.15) is 0 Å². The first kappa shape index (κ1) is 18.4. The average Bonchev–Trinajstić information content (AvgIpc) is 2.74. The number of piperidine rings is 1. The Kier molecular flexibility index (Phi) is 5.84. The van der Waals surface area contributed by atoms with Crippen molar-refractivity contribution in [3.63, 3.8) is 0 Å². The number of carbonyl (C=O) groups excluding carboxylic acids is 1. The van der Waals surface area contributed by atoms with Crippen LogP contribution < -0.4 is 5.32 Å². The zero-order valence-corrected chi connectivity index (χ0v) is 14.2. The topological polar surface area (TPSA) is 50.8 Å². The van der Waals surface area contributed by atoms with Gasteiger partial charge in [-0.3, -0.25) is 4.90 Å². The quantitative estimate of drug-likeness (QED) is 0.859. The standard InChI is InChI=1S/C16H28F2N2O3/c1-15(2,3)23-14(21)20-10-13(16(17,18)11-20)22-9-6-12-4-7-19-8-5-12/h12-13,19H,4-11H2,1-3H3. The molecular weight excluding hydrogens is 306 g/mol. The lowest BCUT2D eigenvalue weighted by atomic mass is 9.95. The summed E-state index contributed by atoms with van der Waals surface area (Å²) < 4.78 is 38.6. The molecular formula is C16H28F2N2O3. The lowest BCUT2D eigenvalue weighted by Gasteiger charge is -2.24. The molecule has 2 saturated heterocycles. The largest absolute Gasteiger partial charge is 0.444 e. The Bertz CT molecular complexity index is 407. The zero-order valence-electron chi connectivity index (χ0n) is 14.2. The summed E-state index contributed by atoms with van der Waals surface area (Å²) in [4.78, 5) is 13.0. The maximum absolute atomic E-state index is 14.0. The van der Waals surface area contributed by atoms with Crippen LogP contribution in [0.25, 0.3) is 0 Å². The van der Waals surface area contributed by atoms with Gasteiger partial charge in [-0.1, -0.05) is 0 Å². The minimum atomic E-state index is -3.02. The van der Waals surface area contributed by atoms with Crippen molar-refractivity contribution >= 4 is 6.09 Å². The molecule has 0 aromatic heterocycles. The van der Waals surface area contributed by atoms with Crippen molar-refractivity contribution in [3.05, 3.63) is 0 Å². The van der Waals surface area contributed by atoms with Crippen LogP contribution in [0.15, 0.2) is 0 Å². The minimum Gasteiger partial charge on any atom is -0.444 e. The number of halogens is 2. The molecule has 1 atom stereocenters. The van der Waals surface area contributed by atoms with Gasteiger partial charge >= 0.3 is 6.09 Å². The van der Waals surface area contributed by atoms with Crippen molar-refractivity contribution in [2.45, 2.75) is 57.7 Å². The minimum absolute atomic E-state index is 0.117. The second-order valence-corrected chi connectivity index (χ2v) is 7.46. The van der Waals surface area contributed by atoms with Gasteiger partial charge in [-0.15, -0.1) is 0 Å². The zero-order chi connectivity index (χ0) is 17.1. The second kappa shape index (κ2) is 7.30. The van der Waals surface area contributed by atoms with E-state index >= 15 is 0 Å². The monoisotopic (exact) mass is 334 g/mol. The summed E-state index contributed by atoms with van der Waals surface area (Å²) in [5.74, 6) is -2.49. The fourth-order valence-corrected chi connectivity index (χ4v) is 2.94. The first-order valence-corrected chi connectivity index (χ1v) is 8.35. The van der Waals surface area contributed by atoms with Crippen LogP contribution in [0, 0.1) is 5.92 Å². The van der Waals surface area contributed by atoms with Crippen LogP contribution in [0.1, 0.15) is 40.0 Å². The fourth-order valence-electron chi connectivity index (χ4n) is 2.94. The fraction of sp³-hybridized carbons (Fsp3) is 0.938. The molecule has 2 aliphatic heterocycles. The SMILES string of the molecule is CC(C)(C)OC(=O)N1CC(OCCC2CCNCC2)C(F)(F)C1. The molecule has 5 nitrogen and oxygen atoms in total. The van der Waals surface area contributed by atoms with Crippen molar-refractivity contribution in [1.29, 1.82) is 0 Å². The lowest BCUT2D eigenvalue weighted by molar-refractivity contribution is -0.107. The predicted octanol–water partition coefficient (Wildman–Crippen LogP) is 2.65. The molecule has 2 aliphatic rings. The van der Waals surface area contributed by atoms with Crippen molar-refractivity contribution in [2.75, 3.05) is 32.8 Å². The smallest absolute Gasteiger partial charge is 0.410 e. The molecule has 23 heavy (non-hydrogen) atoms. The number of alkyl halides is 2. The number of amides is 1. The van der Waals surface area contributed by atoms with Gasteiger partial charge in [0.2, 0.25) is 0 Å². The van der Waals surface area contributed by atoms with Crippen LogP contribution in [0.4, 0.5) is 13.6 Å². The number of hydrogen-bond donors (Lipinski definition) is 1. The average molecular weight is 334 g/mol. The maximum atomic E-state index is 14.0. The molecule has 1 amide bonds. The van der Waals surface area contributed by atoms with E-state index in [2.05, 4.69) is 5.32 Å². The van der Waals surface area contributed by atoms with E-state index in [1.807, 2.05) is 0 Å². The third-order valence-corrected chi connectivity index (χ3v) is 4.21. The summed E-state index contributed by atoms with van der Waals surface area (Å²) in [5, 5.41) is 3.28. The van der Waals surface area contributed by atoms with Crippen LogP contribution in [0.5, 0.6) is 0 Å². The third kappa shape index (κ3) is 5.57.